The number of amidine groups is 1. The van der Waals surface area contributed by atoms with Crippen LogP contribution in [0.4, 0.5) is 4.79 Å². The van der Waals surface area contributed by atoms with Crippen molar-refractivity contribution in [1.29, 1.82) is 0 Å². The molecule has 1 saturated heterocycles. The Bertz CT molecular complexity index is 344. The minimum Gasteiger partial charge on any atom is -0.385 e. The van der Waals surface area contributed by atoms with Crippen LogP contribution < -0.4 is 11.1 Å². The summed E-state index contributed by atoms with van der Waals surface area (Å²) < 4.78 is 5.06. The molecule has 0 aromatic heterocycles. The molecule has 2 rings (SSSR count). The lowest BCUT2D eigenvalue weighted by molar-refractivity contribution is 0.0818. The molecule has 2 atom stereocenters. The van der Waals surface area contributed by atoms with Gasteiger partial charge in [0.15, 0.2) is 0 Å². The van der Waals surface area contributed by atoms with E-state index in [1.165, 1.54) is 0 Å². The molecule has 1 spiro atoms. The first-order valence-electron chi connectivity index (χ1n) is 5.99. The standard InChI is InChI=1S/C11H20N4O2/c1-8-7-13-4-3-11(8)9(12)14-10(16)15(11)5-6-17-2/h8,13H,3-7H2,1-2H3,(H2,12,14,16). The van der Waals surface area contributed by atoms with Gasteiger partial charge in [-0.25, -0.2) is 4.79 Å². The minimum absolute atomic E-state index is 0.228. The van der Waals surface area contributed by atoms with Gasteiger partial charge in [0, 0.05) is 20.2 Å². The number of urea groups is 1. The van der Waals surface area contributed by atoms with E-state index in [1.54, 1.807) is 12.0 Å². The van der Waals surface area contributed by atoms with Gasteiger partial charge in [-0.05, 0) is 18.9 Å². The van der Waals surface area contributed by atoms with Crippen LogP contribution in [0.15, 0.2) is 4.99 Å². The van der Waals surface area contributed by atoms with E-state index < -0.39 is 5.54 Å². The summed E-state index contributed by atoms with van der Waals surface area (Å²) in [6.45, 7) is 4.87. The minimum atomic E-state index is -0.402. The Morgan fingerprint density at radius 3 is 3.12 bits per heavy atom. The summed E-state index contributed by atoms with van der Waals surface area (Å²) >= 11 is 0. The van der Waals surface area contributed by atoms with Gasteiger partial charge in [-0.3, -0.25) is 0 Å². The molecule has 2 unspecified atom stereocenters. The molecule has 2 aliphatic rings. The van der Waals surface area contributed by atoms with Crippen molar-refractivity contribution < 1.29 is 9.53 Å². The van der Waals surface area contributed by atoms with Crippen LogP contribution in [0.1, 0.15) is 13.3 Å². The Hall–Kier alpha value is -1.14. The van der Waals surface area contributed by atoms with Gasteiger partial charge in [0.05, 0.1) is 6.61 Å². The lowest BCUT2D eigenvalue weighted by atomic mass is 9.77. The maximum absolute atomic E-state index is 11.9. The van der Waals surface area contributed by atoms with Crippen molar-refractivity contribution >= 4 is 11.9 Å². The first-order chi connectivity index (χ1) is 8.13. The molecule has 6 nitrogen and oxygen atoms in total. The summed E-state index contributed by atoms with van der Waals surface area (Å²) in [5.74, 6) is 0.732. The molecule has 0 aromatic rings. The third-order valence-electron chi connectivity index (χ3n) is 3.84. The summed E-state index contributed by atoms with van der Waals surface area (Å²) in [4.78, 5) is 17.6. The molecule has 3 N–H and O–H groups in total. The Kier molecular flexibility index (Phi) is 3.35. The predicted molar refractivity (Wildman–Crippen MR) is 65.0 cm³/mol. The lowest BCUT2D eigenvalue weighted by Crippen LogP contribution is -2.64. The number of nitrogens with zero attached hydrogens (tertiary/aromatic N) is 2. The van der Waals surface area contributed by atoms with E-state index in [9.17, 15) is 4.79 Å². The molecule has 0 aliphatic carbocycles. The average molecular weight is 240 g/mol. The summed E-state index contributed by atoms with van der Waals surface area (Å²) in [6.07, 6.45) is 0.818. The molecule has 17 heavy (non-hydrogen) atoms. The number of hydrogen-bond acceptors (Lipinski definition) is 4. The third-order valence-corrected chi connectivity index (χ3v) is 3.84. The second-order valence-corrected chi connectivity index (χ2v) is 4.70. The highest BCUT2D eigenvalue weighted by molar-refractivity contribution is 6.06. The Morgan fingerprint density at radius 1 is 1.71 bits per heavy atom. The summed E-state index contributed by atoms with van der Waals surface area (Å²) in [7, 11) is 1.63. The van der Waals surface area contributed by atoms with E-state index >= 15 is 0 Å². The van der Waals surface area contributed by atoms with E-state index in [0.29, 0.717) is 19.0 Å². The number of piperidine rings is 1. The third kappa shape index (κ3) is 1.81. The van der Waals surface area contributed by atoms with Crippen molar-refractivity contribution in [3.63, 3.8) is 0 Å². The van der Waals surface area contributed by atoms with Crippen LogP contribution in [0.25, 0.3) is 0 Å². The molecule has 96 valence electrons. The van der Waals surface area contributed by atoms with Crippen molar-refractivity contribution in [2.75, 3.05) is 33.4 Å². The second kappa shape index (κ2) is 4.62. The average Bonchev–Trinajstić information content (AvgIpc) is 2.53. The predicted octanol–water partition coefficient (Wildman–Crippen LogP) is -0.206. The van der Waals surface area contributed by atoms with Crippen LogP contribution in [0, 0.1) is 5.92 Å². The van der Waals surface area contributed by atoms with E-state index in [-0.39, 0.29) is 11.9 Å². The van der Waals surface area contributed by atoms with Gasteiger partial charge in [0.25, 0.3) is 0 Å². The van der Waals surface area contributed by atoms with Crippen molar-refractivity contribution in [2.45, 2.75) is 18.9 Å². The fourth-order valence-corrected chi connectivity index (χ4v) is 2.84. The Labute approximate surface area is 101 Å². The molecule has 6 heteroatoms. The molecule has 1 fully saturated rings. The number of hydrogen-bond donors (Lipinski definition) is 2. The van der Waals surface area contributed by atoms with Crippen LogP contribution in [-0.4, -0.2) is 55.7 Å². The number of carbonyl (C=O) groups excluding carboxylic acids is 1. The quantitative estimate of drug-likeness (QED) is 0.715. The topological polar surface area (TPSA) is 80.0 Å². The molecule has 2 amide bonds. The summed E-state index contributed by atoms with van der Waals surface area (Å²) in [5.41, 5.74) is 5.60. The summed E-state index contributed by atoms with van der Waals surface area (Å²) in [6, 6.07) is -0.228. The smallest absolute Gasteiger partial charge is 0.346 e. The molecule has 2 aliphatic heterocycles. The molecular weight excluding hydrogens is 220 g/mol. The van der Waals surface area contributed by atoms with E-state index in [0.717, 1.165) is 19.5 Å². The molecule has 0 radical (unpaired) electrons. The lowest BCUT2D eigenvalue weighted by Gasteiger charge is -2.45. The largest absolute Gasteiger partial charge is 0.385 e. The number of carbonyl (C=O) groups is 1. The fraction of sp³-hybridized carbons (Fsp3) is 0.818. The first kappa shape index (κ1) is 12.3. The van der Waals surface area contributed by atoms with Crippen LogP contribution in [-0.2, 0) is 4.74 Å². The Balaban J connectivity index is 2.26. The van der Waals surface area contributed by atoms with Crippen LogP contribution >= 0.6 is 0 Å². The van der Waals surface area contributed by atoms with Gasteiger partial charge in [0.1, 0.15) is 11.4 Å². The van der Waals surface area contributed by atoms with Gasteiger partial charge in [0.2, 0.25) is 0 Å². The van der Waals surface area contributed by atoms with Crippen molar-refractivity contribution in [2.24, 2.45) is 16.6 Å². The van der Waals surface area contributed by atoms with Crippen LogP contribution in [0.2, 0.25) is 0 Å². The van der Waals surface area contributed by atoms with Gasteiger partial charge in [-0.1, -0.05) is 6.92 Å². The van der Waals surface area contributed by atoms with E-state index in [1.807, 2.05) is 0 Å². The number of nitrogens with one attached hydrogen (secondary N) is 1. The second-order valence-electron chi connectivity index (χ2n) is 4.70. The number of rotatable bonds is 3. The number of aliphatic imine (C=N–C) groups is 1. The summed E-state index contributed by atoms with van der Waals surface area (Å²) in [5, 5.41) is 3.32. The molecule has 0 bridgehead atoms. The number of ether oxygens (including phenoxy) is 1. The van der Waals surface area contributed by atoms with Crippen LogP contribution in [0.3, 0.4) is 0 Å². The molecule has 0 saturated carbocycles. The zero-order valence-corrected chi connectivity index (χ0v) is 10.4. The monoisotopic (exact) mass is 240 g/mol. The number of nitrogens with two attached hydrogens (primary N) is 1. The molecular formula is C11H20N4O2. The zero-order chi connectivity index (χ0) is 12.5. The molecule has 0 aromatic carbocycles. The Morgan fingerprint density at radius 2 is 2.47 bits per heavy atom. The highest BCUT2D eigenvalue weighted by atomic mass is 16.5. The van der Waals surface area contributed by atoms with Gasteiger partial charge in [-0.2, -0.15) is 4.99 Å². The van der Waals surface area contributed by atoms with E-state index in [2.05, 4.69) is 17.2 Å². The highest BCUT2D eigenvalue weighted by Gasteiger charge is 2.52. The number of methoxy groups -OCH3 is 1. The van der Waals surface area contributed by atoms with E-state index in [4.69, 9.17) is 10.5 Å². The maximum Gasteiger partial charge on any atom is 0.346 e. The van der Waals surface area contributed by atoms with Crippen molar-refractivity contribution in [3.8, 4) is 0 Å². The highest BCUT2D eigenvalue weighted by Crippen LogP contribution is 2.35. The number of amides is 2. The fourth-order valence-electron chi connectivity index (χ4n) is 2.84. The van der Waals surface area contributed by atoms with Gasteiger partial charge >= 0.3 is 6.03 Å². The zero-order valence-electron chi connectivity index (χ0n) is 10.4. The van der Waals surface area contributed by atoms with Gasteiger partial charge < -0.3 is 20.7 Å². The van der Waals surface area contributed by atoms with Crippen molar-refractivity contribution in [1.82, 2.24) is 10.2 Å². The first-order valence-corrected chi connectivity index (χ1v) is 5.99. The maximum atomic E-state index is 11.9. The van der Waals surface area contributed by atoms with Gasteiger partial charge in [-0.15, -0.1) is 0 Å². The SMILES string of the molecule is COCCN1C(=O)N=C(N)C12CCNCC2C. The van der Waals surface area contributed by atoms with Crippen molar-refractivity contribution in [3.05, 3.63) is 0 Å². The molecule has 2 heterocycles. The van der Waals surface area contributed by atoms with Crippen LogP contribution in [0.5, 0.6) is 0 Å². The normalized spacial score (nSPS) is 33.3.